The molecular formula is C32H38N12O8. The van der Waals surface area contributed by atoms with Gasteiger partial charge in [-0.2, -0.15) is 0 Å². The molecule has 0 spiro atoms. The first kappa shape index (κ1) is 37.2. The number of nitrogens with zero attached hydrogens (tertiary/aromatic N) is 10. The number of fused-ring (bicyclic) bond motifs is 8. The Morgan fingerprint density at radius 3 is 1.04 bits per heavy atom. The Bertz CT molecular complexity index is 2360. The topological polar surface area (TPSA) is 281 Å². The number of rotatable bonds is 4. The number of allylic oxidation sites excluding steroid dienone is 2. The molecule has 0 fully saturated rings. The van der Waals surface area contributed by atoms with E-state index in [1.807, 2.05) is 0 Å². The van der Waals surface area contributed by atoms with Crippen LogP contribution in [0, 0.1) is 51.3 Å². The third-order valence-corrected chi connectivity index (χ3v) is 8.24. The number of H-pyrrole nitrogens is 2. The minimum Gasteiger partial charge on any atom is -0.319 e. The normalized spacial score (nSPS) is 14.2. The molecule has 3 aromatic rings. The zero-order chi connectivity index (χ0) is 39.2. The van der Waals surface area contributed by atoms with E-state index < -0.39 is 75.8 Å². The summed E-state index contributed by atoms with van der Waals surface area (Å²) < 4.78 is 0. The molecule has 0 unspecified atom stereocenters. The molecule has 274 valence electrons. The Balaban J connectivity index is 2.24. The summed E-state index contributed by atoms with van der Waals surface area (Å²) in [6.45, 7) is 20.0. The van der Waals surface area contributed by atoms with Gasteiger partial charge in [-0.15, -0.1) is 0 Å². The van der Waals surface area contributed by atoms with Crippen molar-refractivity contribution in [3.05, 3.63) is 74.9 Å². The zero-order valence-corrected chi connectivity index (χ0v) is 30.7. The zero-order valence-electron chi connectivity index (χ0n) is 30.7. The molecule has 0 aromatic carbocycles. The summed E-state index contributed by atoms with van der Waals surface area (Å²) in [7, 11) is 0. The lowest BCUT2D eigenvalue weighted by Gasteiger charge is -2.18. The number of aromatic amines is 2. The second-order valence-electron chi connectivity index (χ2n) is 16.5. The van der Waals surface area contributed by atoms with E-state index in [1.165, 1.54) is 0 Å². The number of nitrogens with one attached hydrogen (secondary N) is 2. The summed E-state index contributed by atoms with van der Waals surface area (Å²) in [5.41, 5.74) is -7.37. The predicted molar refractivity (Wildman–Crippen MR) is 189 cm³/mol. The van der Waals surface area contributed by atoms with Crippen LogP contribution in [-0.2, 0) is 10.8 Å². The predicted octanol–water partition coefficient (Wildman–Crippen LogP) is 6.69. The van der Waals surface area contributed by atoms with E-state index in [2.05, 4.69) is 39.9 Å². The molecular weight excluding hydrogens is 680 g/mol. The van der Waals surface area contributed by atoms with Gasteiger partial charge in [-0.25, -0.2) is 29.9 Å². The smallest absolute Gasteiger partial charge is 0.319 e. The molecule has 0 amide bonds. The van der Waals surface area contributed by atoms with Crippen LogP contribution in [0.3, 0.4) is 0 Å². The van der Waals surface area contributed by atoms with Crippen molar-refractivity contribution in [3.63, 3.8) is 0 Å². The minimum atomic E-state index is -1.04. The van der Waals surface area contributed by atoms with Crippen LogP contribution in [0.4, 0.5) is 11.4 Å². The van der Waals surface area contributed by atoms with Crippen LogP contribution in [0.15, 0.2) is 0 Å². The fourth-order valence-electron chi connectivity index (χ4n) is 6.36. The average Bonchev–Trinajstić information content (AvgIpc) is 3.68. The van der Waals surface area contributed by atoms with Gasteiger partial charge in [0.15, 0.2) is 11.6 Å². The van der Waals surface area contributed by atoms with Gasteiger partial charge < -0.3 is 9.97 Å². The summed E-state index contributed by atoms with van der Waals surface area (Å²) in [4.78, 5) is 80.6. The van der Waals surface area contributed by atoms with Crippen molar-refractivity contribution in [2.45, 2.75) is 93.9 Å². The molecule has 2 aliphatic heterocycles. The quantitative estimate of drug-likeness (QED) is 0.210. The Kier molecular flexibility index (Phi) is 8.39. The van der Waals surface area contributed by atoms with Crippen LogP contribution in [0.1, 0.15) is 118 Å². The molecule has 0 atom stereocenters. The third kappa shape index (κ3) is 6.23. The molecule has 52 heavy (non-hydrogen) atoms. The van der Waals surface area contributed by atoms with Crippen LogP contribution in [0.5, 0.6) is 0 Å². The third-order valence-electron chi connectivity index (χ3n) is 8.24. The van der Waals surface area contributed by atoms with Gasteiger partial charge >= 0.3 is 22.8 Å². The van der Waals surface area contributed by atoms with Gasteiger partial charge in [0, 0.05) is 0 Å². The number of aromatic nitrogens is 8. The fraction of sp³-hybridized carbons (Fsp3) is 0.500. The molecule has 8 bridgehead atoms. The van der Waals surface area contributed by atoms with Crippen molar-refractivity contribution >= 4 is 56.5 Å². The van der Waals surface area contributed by atoms with Crippen LogP contribution < -0.4 is 0 Å². The average molecular weight is 719 g/mol. The van der Waals surface area contributed by atoms with E-state index in [4.69, 9.17) is 0 Å². The highest BCUT2D eigenvalue weighted by molar-refractivity contribution is 5.91. The molecule has 0 saturated heterocycles. The molecule has 2 aliphatic rings. The first-order chi connectivity index (χ1) is 23.6. The summed E-state index contributed by atoms with van der Waals surface area (Å²) in [5.74, 6) is -1.55. The molecule has 0 aliphatic carbocycles. The van der Waals surface area contributed by atoms with Crippen molar-refractivity contribution in [2.24, 2.45) is 10.8 Å². The maximum absolute atomic E-state index is 12.8. The highest BCUT2D eigenvalue weighted by Crippen LogP contribution is 2.45. The Hall–Kier alpha value is -6.08. The van der Waals surface area contributed by atoms with Crippen molar-refractivity contribution in [1.82, 2.24) is 39.9 Å². The molecule has 3 aromatic heterocycles. The van der Waals surface area contributed by atoms with Crippen LogP contribution in [0.2, 0.25) is 0 Å². The van der Waals surface area contributed by atoms with Gasteiger partial charge in [0.25, 0.3) is 0 Å². The van der Waals surface area contributed by atoms with Gasteiger partial charge in [-0.05, 0) is 21.7 Å². The summed E-state index contributed by atoms with van der Waals surface area (Å²) in [6, 6.07) is 0. The monoisotopic (exact) mass is 718 g/mol. The maximum Gasteiger partial charge on any atom is 0.321 e. The second kappa shape index (κ2) is 11.7. The van der Waals surface area contributed by atoms with E-state index in [0.717, 1.165) is 0 Å². The van der Waals surface area contributed by atoms with Crippen molar-refractivity contribution < 1.29 is 19.7 Å². The van der Waals surface area contributed by atoms with E-state index in [9.17, 15) is 40.5 Å². The highest BCUT2D eigenvalue weighted by Gasteiger charge is 2.44. The van der Waals surface area contributed by atoms with Crippen LogP contribution in [0.25, 0.3) is 45.1 Å². The minimum absolute atomic E-state index is 0.0179. The van der Waals surface area contributed by atoms with Gasteiger partial charge in [0.2, 0.25) is 22.9 Å². The number of nitro groups is 4. The summed E-state index contributed by atoms with van der Waals surface area (Å²) in [5, 5.41) is 51.0. The van der Waals surface area contributed by atoms with E-state index >= 15 is 0 Å². The van der Waals surface area contributed by atoms with Crippen LogP contribution in [-0.4, -0.2) is 59.6 Å². The Labute approximate surface area is 295 Å². The molecule has 2 N–H and O–H groups in total. The van der Waals surface area contributed by atoms with Crippen molar-refractivity contribution in [3.8, 4) is 0 Å². The van der Waals surface area contributed by atoms with Crippen molar-refractivity contribution in [1.29, 1.82) is 0 Å². The van der Waals surface area contributed by atoms with E-state index in [-0.39, 0.29) is 56.5 Å². The van der Waals surface area contributed by atoms with Gasteiger partial charge in [-0.3, -0.25) is 40.5 Å². The van der Waals surface area contributed by atoms with Gasteiger partial charge in [0.05, 0.1) is 42.0 Å². The molecule has 5 rings (SSSR count). The van der Waals surface area contributed by atoms with E-state index in [0.29, 0.717) is 0 Å². The van der Waals surface area contributed by atoms with Gasteiger partial charge in [-0.1, -0.05) is 83.1 Å². The van der Waals surface area contributed by atoms with Crippen molar-refractivity contribution in [2.75, 3.05) is 0 Å². The summed E-state index contributed by atoms with van der Waals surface area (Å²) in [6.07, 6.45) is 0. The highest BCUT2D eigenvalue weighted by atomic mass is 16.6. The summed E-state index contributed by atoms with van der Waals surface area (Å²) >= 11 is 0. The number of hydrogen-bond acceptors (Lipinski definition) is 14. The molecule has 0 radical (unpaired) electrons. The lowest BCUT2D eigenvalue weighted by Crippen LogP contribution is -2.14. The molecule has 5 heterocycles. The first-order valence-electron chi connectivity index (χ1n) is 16.0. The Morgan fingerprint density at radius 1 is 0.404 bits per heavy atom. The first-order valence-corrected chi connectivity index (χ1v) is 16.0. The Morgan fingerprint density at radius 2 is 0.712 bits per heavy atom. The number of hydrogen-bond donors (Lipinski definition) is 2. The lowest BCUT2D eigenvalue weighted by atomic mass is 9.85. The largest absolute Gasteiger partial charge is 0.321 e. The molecule has 20 nitrogen and oxygen atoms in total. The van der Waals surface area contributed by atoms with E-state index in [1.54, 1.807) is 83.1 Å². The lowest BCUT2D eigenvalue weighted by molar-refractivity contribution is -0.384. The SMILES string of the molecule is CC(C)(C)C1=C([N+](=O)[O-])c2nc1nc1nc(nc3[nH]c(nc4[nH]c(n2)c(C(C)(C)C)c4[N+](=O)[O-])c(C(C)(C)C)c3[N+](=O)[O-])C(C(C)(C)C)=C1[N+](=O)[O-]. The maximum atomic E-state index is 12.8. The molecule has 20 heteroatoms. The molecule has 0 saturated carbocycles. The van der Waals surface area contributed by atoms with Crippen LogP contribution >= 0.6 is 0 Å². The fourth-order valence-corrected chi connectivity index (χ4v) is 6.36. The van der Waals surface area contributed by atoms with Gasteiger partial charge in [0.1, 0.15) is 11.3 Å². The second-order valence-corrected chi connectivity index (χ2v) is 16.5. The standard InChI is InChI=1S/C32H38N12O8/c1-29(2,3)13-17(41(45)46)25-33-21(13)37-26-18(42(47)48)14(30(4,5)6)23(34-26)39-28-20(44(51)52)16(32(10,11)12)24(36-28)40-27-19(43(49)50)15(31(7,8)9)22(35-27)38-25/h1-12H3,(H2,33,34,35,36,37,38,39,40).